The Bertz CT molecular complexity index is 515. The molecule has 0 amide bonds. The van der Waals surface area contributed by atoms with Gasteiger partial charge in [0.25, 0.3) is 0 Å². The Kier molecular flexibility index (Phi) is 2.67. The monoisotopic (exact) mass is 290 g/mol. The third-order valence-electron chi connectivity index (χ3n) is 1.83. The maximum Gasteiger partial charge on any atom is 0.222 e. The van der Waals surface area contributed by atoms with E-state index in [9.17, 15) is 4.39 Å². The normalized spacial score (nSPS) is 10.6. The molecular weight excluding hydrogens is 286 g/mol. The van der Waals surface area contributed by atoms with Crippen LogP contribution in [-0.2, 0) is 0 Å². The van der Waals surface area contributed by atoms with Gasteiger partial charge in [-0.2, -0.15) is 0 Å². The fraction of sp³-hybridized carbons (Fsp3) is 0. The van der Waals surface area contributed by atoms with Crippen LogP contribution in [0.15, 0.2) is 27.2 Å². The van der Waals surface area contributed by atoms with Gasteiger partial charge in [0.05, 0.1) is 10.6 Å². The summed E-state index contributed by atoms with van der Waals surface area (Å²) < 4.78 is 18.7. The highest BCUT2D eigenvalue weighted by atomic mass is 79.9. The van der Waals surface area contributed by atoms with Gasteiger partial charge in [0, 0.05) is 10.5 Å². The highest BCUT2D eigenvalue weighted by Gasteiger charge is 2.16. The first-order valence-corrected chi connectivity index (χ1v) is 5.12. The van der Waals surface area contributed by atoms with Gasteiger partial charge in [0.1, 0.15) is 11.5 Å². The number of benzene rings is 1. The standard InChI is InChI=1S/C9H5BrClFN2O/c10-4-1-2-5(12)8(9(4)11)6-3-7(13)15-14-6/h1-3H,13H2. The maximum absolute atomic E-state index is 13.5. The van der Waals surface area contributed by atoms with Gasteiger partial charge in [-0.25, -0.2) is 4.39 Å². The van der Waals surface area contributed by atoms with Crippen molar-refractivity contribution < 1.29 is 8.91 Å². The molecule has 0 spiro atoms. The molecule has 0 unspecified atom stereocenters. The molecule has 1 aromatic heterocycles. The predicted octanol–water partition coefficient (Wildman–Crippen LogP) is 3.48. The zero-order valence-electron chi connectivity index (χ0n) is 7.30. The van der Waals surface area contributed by atoms with E-state index in [1.54, 1.807) is 0 Å². The van der Waals surface area contributed by atoms with Crippen LogP contribution in [0.1, 0.15) is 0 Å². The molecule has 1 heterocycles. The molecule has 0 bridgehead atoms. The van der Waals surface area contributed by atoms with E-state index in [-0.39, 0.29) is 22.2 Å². The van der Waals surface area contributed by atoms with Gasteiger partial charge in [-0.3, -0.25) is 0 Å². The molecule has 0 saturated heterocycles. The molecule has 78 valence electrons. The lowest BCUT2D eigenvalue weighted by Gasteiger charge is -2.03. The van der Waals surface area contributed by atoms with Gasteiger partial charge in [0.2, 0.25) is 5.88 Å². The molecule has 6 heteroatoms. The molecule has 0 fully saturated rings. The van der Waals surface area contributed by atoms with Crippen molar-refractivity contribution in [1.82, 2.24) is 5.16 Å². The highest BCUT2D eigenvalue weighted by molar-refractivity contribution is 9.10. The van der Waals surface area contributed by atoms with E-state index in [1.165, 1.54) is 18.2 Å². The highest BCUT2D eigenvalue weighted by Crippen LogP contribution is 2.35. The summed E-state index contributed by atoms with van der Waals surface area (Å²) in [5.41, 5.74) is 5.79. The first kappa shape index (κ1) is 10.4. The Balaban J connectivity index is 2.66. The van der Waals surface area contributed by atoms with Crippen LogP contribution in [0.4, 0.5) is 10.3 Å². The van der Waals surface area contributed by atoms with Crippen molar-refractivity contribution in [3.8, 4) is 11.3 Å². The van der Waals surface area contributed by atoms with E-state index in [1.807, 2.05) is 0 Å². The van der Waals surface area contributed by atoms with Gasteiger partial charge in [-0.1, -0.05) is 16.8 Å². The summed E-state index contributed by atoms with van der Waals surface area (Å²) in [5.74, 6) is -0.364. The summed E-state index contributed by atoms with van der Waals surface area (Å²) in [6.07, 6.45) is 0. The Morgan fingerprint density at radius 3 is 2.80 bits per heavy atom. The lowest BCUT2D eigenvalue weighted by atomic mass is 10.1. The van der Waals surface area contributed by atoms with Crippen molar-refractivity contribution in [3.63, 3.8) is 0 Å². The van der Waals surface area contributed by atoms with Crippen molar-refractivity contribution in [2.75, 3.05) is 5.73 Å². The van der Waals surface area contributed by atoms with Crippen molar-refractivity contribution in [2.24, 2.45) is 0 Å². The van der Waals surface area contributed by atoms with E-state index in [2.05, 4.69) is 25.6 Å². The SMILES string of the molecule is Nc1cc(-c2c(F)ccc(Br)c2Cl)no1. The fourth-order valence-electron chi connectivity index (χ4n) is 1.17. The van der Waals surface area contributed by atoms with Crippen LogP contribution in [-0.4, -0.2) is 5.16 Å². The van der Waals surface area contributed by atoms with Crippen LogP contribution in [0, 0.1) is 5.82 Å². The second kappa shape index (κ2) is 3.83. The summed E-state index contributed by atoms with van der Waals surface area (Å²) in [6, 6.07) is 4.22. The molecule has 2 aromatic rings. The number of halogens is 3. The Labute approximate surface area is 98.1 Å². The first-order valence-electron chi connectivity index (χ1n) is 3.95. The Morgan fingerprint density at radius 2 is 2.20 bits per heavy atom. The summed E-state index contributed by atoms with van der Waals surface area (Å²) in [4.78, 5) is 0. The third kappa shape index (κ3) is 1.85. The summed E-state index contributed by atoms with van der Waals surface area (Å²) in [6.45, 7) is 0. The van der Waals surface area contributed by atoms with E-state index in [4.69, 9.17) is 17.3 Å². The Hall–Kier alpha value is -1.07. The third-order valence-corrected chi connectivity index (χ3v) is 3.11. The van der Waals surface area contributed by atoms with Crippen LogP contribution >= 0.6 is 27.5 Å². The Morgan fingerprint density at radius 1 is 1.47 bits per heavy atom. The number of nitrogens with zero attached hydrogens (tertiary/aromatic N) is 1. The molecule has 15 heavy (non-hydrogen) atoms. The molecule has 0 atom stereocenters. The van der Waals surface area contributed by atoms with Gasteiger partial charge in [-0.05, 0) is 28.1 Å². The van der Waals surface area contributed by atoms with E-state index >= 15 is 0 Å². The lowest BCUT2D eigenvalue weighted by molar-refractivity contribution is 0.438. The second-order valence-electron chi connectivity index (χ2n) is 2.83. The van der Waals surface area contributed by atoms with Crippen LogP contribution in [0.5, 0.6) is 0 Å². The summed E-state index contributed by atoms with van der Waals surface area (Å²) >= 11 is 9.13. The van der Waals surface area contributed by atoms with Crippen molar-refractivity contribution >= 4 is 33.4 Å². The lowest BCUT2D eigenvalue weighted by Crippen LogP contribution is -1.87. The smallest absolute Gasteiger partial charge is 0.222 e. The van der Waals surface area contributed by atoms with Crippen LogP contribution in [0.3, 0.4) is 0 Å². The minimum Gasteiger partial charge on any atom is -0.368 e. The molecule has 0 aliphatic rings. The number of nitrogens with two attached hydrogens (primary N) is 1. The molecule has 2 rings (SSSR count). The average molecular weight is 292 g/mol. The van der Waals surface area contributed by atoms with Gasteiger partial charge in [-0.15, -0.1) is 0 Å². The van der Waals surface area contributed by atoms with Gasteiger partial charge >= 0.3 is 0 Å². The van der Waals surface area contributed by atoms with E-state index in [0.29, 0.717) is 4.47 Å². The molecule has 0 saturated carbocycles. The molecule has 1 aromatic carbocycles. The zero-order chi connectivity index (χ0) is 11.0. The topological polar surface area (TPSA) is 52.0 Å². The number of aromatic nitrogens is 1. The van der Waals surface area contributed by atoms with E-state index < -0.39 is 5.82 Å². The van der Waals surface area contributed by atoms with E-state index in [0.717, 1.165) is 0 Å². The number of nitrogen functional groups attached to an aromatic ring is 1. The fourth-order valence-corrected chi connectivity index (χ4v) is 1.75. The van der Waals surface area contributed by atoms with Crippen LogP contribution in [0.25, 0.3) is 11.3 Å². The molecule has 0 aliphatic carbocycles. The summed E-state index contributed by atoms with van der Waals surface area (Å²) in [5, 5.41) is 3.84. The number of hydrogen-bond donors (Lipinski definition) is 1. The predicted molar refractivity (Wildman–Crippen MR) is 59.0 cm³/mol. The average Bonchev–Trinajstić information content (AvgIpc) is 2.59. The first-order chi connectivity index (χ1) is 7.09. The molecule has 3 nitrogen and oxygen atoms in total. The molecular formula is C9H5BrClFN2O. The van der Waals surface area contributed by atoms with Crippen molar-refractivity contribution in [2.45, 2.75) is 0 Å². The minimum absolute atomic E-state index is 0.112. The molecule has 0 radical (unpaired) electrons. The maximum atomic E-state index is 13.5. The zero-order valence-corrected chi connectivity index (χ0v) is 9.64. The summed E-state index contributed by atoms with van der Waals surface area (Å²) in [7, 11) is 0. The largest absolute Gasteiger partial charge is 0.368 e. The van der Waals surface area contributed by atoms with Gasteiger partial charge in [0.15, 0.2) is 0 Å². The molecule has 2 N–H and O–H groups in total. The molecule has 0 aliphatic heterocycles. The van der Waals surface area contributed by atoms with Crippen LogP contribution < -0.4 is 5.73 Å². The van der Waals surface area contributed by atoms with Crippen LogP contribution in [0.2, 0.25) is 5.02 Å². The number of hydrogen-bond acceptors (Lipinski definition) is 3. The number of rotatable bonds is 1. The second-order valence-corrected chi connectivity index (χ2v) is 4.07. The quantitative estimate of drug-likeness (QED) is 0.818. The minimum atomic E-state index is -0.475. The van der Waals surface area contributed by atoms with Crippen molar-refractivity contribution in [3.05, 3.63) is 33.5 Å². The van der Waals surface area contributed by atoms with Crippen molar-refractivity contribution in [1.29, 1.82) is 0 Å². The van der Waals surface area contributed by atoms with Gasteiger partial charge < -0.3 is 10.3 Å². The number of anilines is 1.